The van der Waals surface area contributed by atoms with Crippen LogP contribution in [0.1, 0.15) is 61.7 Å². The molecule has 0 fully saturated rings. The van der Waals surface area contributed by atoms with Crippen LogP contribution < -0.4 is 4.74 Å². The van der Waals surface area contributed by atoms with Crippen LogP contribution in [0.15, 0.2) is 23.9 Å². The quantitative estimate of drug-likeness (QED) is 0.394. The van der Waals surface area contributed by atoms with Crippen molar-refractivity contribution in [3.8, 4) is 5.88 Å². The molecule has 0 unspecified atom stereocenters. The summed E-state index contributed by atoms with van der Waals surface area (Å²) >= 11 is 6.35. The average molecular weight is 457 g/mol. The first-order chi connectivity index (χ1) is 14.3. The summed E-state index contributed by atoms with van der Waals surface area (Å²) in [6.45, 7) is 11.2. The lowest BCUT2D eigenvalue weighted by Crippen LogP contribution is -2.29. The molecule has 2 rings (SSSR count). The van der Waals surface area contributed by atoms with E-state index in [1.165, 1.54) is 6.07 Å². The summed E-state index contributed by atoms with van der Waals surface area (Å²) in [4.78, 5) is 24.8. The molecular formula is C22H24ClF3N2O3. The van der Waals surface area contributed by atoms with E-state index in [4.69, 9.17) is 11.6 Å². The molecule has 168 valence electrons. The van der Waals surface area contributed by atoms with Crippen LogP contribution in [0.4, 0.5) is 13.2 Å². The Bertz CT molecular complexity index is 1050. The van der Waals surface area contributed by atoms with Crippen molar-refractivity contribution in [2.24, 2.45) is 5.92 Å². The molecule has 1 heterocycles. The highest BCUT2D eigenvalue weighted by atomic mass is 35.5. The van der Waals surface area contributed by atoms with Gasteiger partial charge in [-0.25, -0.2) is 9.48 Å². The van der Waals surface area contributed by atoms with E-state index < -0.39 is 23.8 Å². The number of benzene rings is 1. The lowest BCUT2D eigenvalue weighted by Gasteiger charge is -2.15. The maximum Gasteiger partial charge on any atom is 0.491 e. The molecule has 0 amide bonds. The monoisotopic (exact) mass is 456 g/mol. The summed E-state index contributed by atoms with van der Waals surface area (Å²) in [6, 6.07) is 3.06. The highest BCUT2D eigenvalue weighted by Crippen LogP contribution is 2.34. The van der Waals surface area contributed by atoms with Gasteiger partial charge in [0.25, 0.3) is 0 Å². The fourth-order valence-electron chi connectivity index (χ4n) is 3.04. The summed E-state index contributed by atoms with van der Waals surface area (Å²) in [7, 11) is 0. The summed E-state index contributed by atoms with van der Waals surface area (Å²) in [5.41, 5.74) is 3.13. The van der Waals surface area contributed by atoms with E-state index in [-0.39, 0.29) is 23.6 Å². The second-order valence-corrected chi connectivity index (χ2v) is 8.28. The standard InChI is InChI=1S/C22H24ClF3N2O3/c1-11(2)10-28-20(31-21(30)22(24,25)26)16(9-27-28)19(29)15-7-8-17(23)18(14(15)6)13(5)12(3)4/h7-9,11H,10H2,1-6H3. The Morgan fingerprint density at radius 1 is 1.16 bits per heavy atom. The molecule has 0 bridgehead atoms. The SMILES string of the molecule is CC(C)=C(C)c1c(Cl)ccc(C(=O)c2cnn(CC(C)C)c2OC(=O)C(F)(F)F)c1C. The molecule has 0 spiro atoms. The Kier molecular flexibility index (Phi) is 7.36. The van der Waals surface area contributed by atoms with Crippen LogP contribution in [-0.2, 0) is 11.3 Å². The van der Waals surface area contributed by atoms with Gasteiger partial charge in [0.05, 0.1) is 6.20 Å². The Balaban J connectivity index is 2.63. The van der Waals surface area contributed by atoms with Crippen LogP contribution in [0, 0.1) is 12.8 Å². The molecule has 31 heavy (non-hydrogen) atoms. The minimum absolute atomic E-state index is 0.0182. The first kappa shape index (κ1) is 24.7. The molecule has 5 nitrogen and oxygen atoms in total. The van der Waals surface area contributed by atoms with Gasteiger partial charge in [0.1, 0.15) is 5.56 Å². The number of carbonyl (C=O) groups is 2. The predicted octanol–water partition coefficient (Wildman–Crippen LogP) is 6.01. The van der Waals surface area contributed by atoms with Gasteiger partial charge in [-0.2, -0.15) is 18.3 Å². The topological polar surface area (TPSA) is 61.2 Å². The van der Waals surface area contributed by atoms with Crippen molar-refractivity contribution >= 4 is 28.9 Å². The second-order valence-electron chi connectivity index (χ2n) is 7.88. The van der Waals surface area contributed by atoms with E-state index >= 15 is 0 Å². The van der Waals surface area contributed by atoms with Crippen molar-refractivity contribution in [1.82, 2.24) is 9.78 Å². The van der Waals surface area contributed by atoms with Crippen LogP contribution in [0.25, 0.3) is 5.57 Å². The Morgan fingerprint density at radius 2 is 1.77 bits per heavy atom. The Hall–Kier alpha value is -2.61. The zero-order chi connectivity index (χ0) is 23.7. The molecule has 0 atom stereocenters. The summed E-state index contributed by atoms with van der Waals surface area (Å²) < 4.78 is 44.1. The van der Waals surface area contributed by atoms with Crippen molar-refractivity contribution in [3.05, 3.63) is 51.2 Å². The first-order valence-electron chi connectivity index (χ1n) is 9.58. The fourth-order valence-corrected chi connectivity index (χ4v) is 3.39. The Labute approximate surface area is 183 Å². The molecule has 0 saturated heterocycles. The number of alkyl halides is 3. The normalized spacial score (nSPS) is 11.6. The third kappa shape index (κ3) is 5.36. The maximum atomic E-state index is 13.3. The molecule has 0 saturated carbocycles. The van der Waals surface area contributed by atoms with E-state index in [1.807, 2.05) is 34.6 Å². The smallest absolute Gasteiger partial charge is 0.400 e. The zero-order valence-electron chi connectivity index (χ0n) is 18.1. The lowest BCUT2D eigenvalue weighted by molar-refractivity contribution is -0.190. The number of ketones is 1. The van der Waals surface area contributed by atoms with Gasteiger partial charge in [0.2, 0.25) is 5.88 Å². The fraction of sp³-hybridized carbons (Fsp3) is 0.409. The molecule has 1 aromatic carbocycles. The summed E-state index contributed by atoms with van der Waals surface area (Å²) in [6.07, 6.45) is -4.09. The molecule has 1 aromatic heterocycles. The van der Waals surface area contributed by atoms with Gasteiger partial charge in [0.15, 0.2) is 5.78 Å². The van der Waals surface area contributed by atoms with Crippen LogP contribution >= 0.6 is 11.6 Å². The average Bonchev–Trinajstić information content (AvgIpc) is 3.02. The number of halogens is 4. The summed E-state index contributed by atoms with van der Waals surface area (Å²) in [5, 5.41) is 4.44. The second kappa shape index (κ2) is 9.26. The van der Waals surface area contributed by atoms with Gasteiger partial charge < -0.3 is 4.74 Å². The van der Waals surface area contributed by atoms with Crippen molar-refractivity contribution in [1.29, 1.82) is 0 Å². The van der Waals surface area contributed by atoms with Crippen LogP contribution in [-0.4, -0.2) is 27.7 Å². The largest absolute Gasteiger partial charge is 0.491 e. The first-order valence-corrected chi connectivity index (χ1v) is 9.96. The van der Waals surface area contributed by atoms with Crippen LogP contribution in [0.5, 0.6) is 5.88 Å². The van der Waals surface area contributed by atoms with Crippen LogP contribution in [0.3, 0.4) is 0 Å². The minimum atomic E-state index is -5.21. The molecular weight excluding hydrogens is 433 g/mol. The number of hydrogen-bond acceptors (Lipinski definition) is 4. The Morgan fingerprint density at radius 3 is 2.29 bits per heavy atom. The molecule has 0 N–H and O–H groups in total. The molecule has 0 aliphatic carbocycles. The molecule has 0 aliphatic rings. The number of allylic oxidation sites excluding steroid dienone is 2. The van der Waals surface area contributed by atoms with Gasteiger partial charge in [-0.05, 0) is 62.4 Å². The number of nitrogens with zero attached hydrogens (tertiary/aromatic N) is 2. The van der Waals surface area contributed by atoms with Crippen molar-refractivity contribution in [3.63, 3.8) is 0 Å². The molecule has 0 radical (unpaired) electrons. The zero-order valence-corrected chi connectivity index (χ0v) is 18.9. The predicted molar refractivity (Wildman–Crippen MR) is 112 cm³/mol. The van der Waals surface area contributed by atoms with E-state index in [0.717, 1.165) is 22.0 Å². The van der Waals surface area contributed by atoms with E-state index in [1.54, 1.807) is 13.0 Å². The van der Waals surface area contributed by atoms with Crippen LogP contribution in [0.2, 0.25) is 5.02 Å². The molecule has 0 aliphatic heterocycles. The van der Waals surface area contributed by atoms with Gasteiger partial charge in [-0.15, -0.1) is 0 Å². The number of esters is 1. The van der Waals surface area contributed by atoms with Gasteiger partial charge in [-0.1, -0.05) is 31.0 Å². The number of aromatic nitrogens is 2. The third-order valence-electron chi connectivity index (χ3n) is 4.78. The van der Waals surface area contributed by atoms with Crippen molar-refractivity contribution < 1.29 is 27.5 Å². The highest BCUT2D eigenvalue weighted by molar-refractivity contribution is 6.32. The van der Waals surface area contributed by atoms with E-state index in [2.05, 4.69) is 9.84 Å². The van der Waals surface area contributed by atoms with Gasteiger partial charge in [-0.3, -0.25) is 4.79 Å². The molecule has 9 heteroatoms. The maximum absolute atomic E-state index is 13.3. The van der Waals surface area contributed by atoms with Crippen molar-refractivity contribution in [2.75, 3.05) is 0 Å². The van der Waals surface area contributed by atoms with Gasteiger partial charge in [0, 0.05) is 17.1 Å². The number of rotatable bonds is 6. The number of ether oxygens (including phenoxy) is 1. The highest BCUT2D eigenvalue weighted by Gasteiger charge is 2.43. The number of carbonyl (C=O) groups excluding carboxylic acids is 2. The summed E-state index contributed by atoms with van der Waals surface area (Å²) in [5.74, 6) is -3.58. The molecule has 2 aromatic rings. The van der Waals surface area contributed by atoms with E-state index in [9.17, 15) is 22.8 Å². The minimum Gasteiger partial charge on any atom is -0.400 e. The lowest BCUT2D eigenvalue weighted by atomic mass is 9.92. The number of hydrogen-bond donors (Lipinski definition) is 0. The van der Waals surface area contributed by atoms with Crippen molar-refractivity contribution in [2.45, 2.75) is 54.3 Å². The van der Waals surface area contributed by atoms with Gasteiger partial charge >= 0.3 is 12.1 Å². The third-order valence-corrected chi connectivity index (χ3v) is 5.09. The van der Waals surface area contributed by atoms with E-state index in [0.29, 0.717) is 16.1 Å².